The Morgan fingerprint density at radius 1 is 1.19 bits per heavy atom. The molecule has 3 aliphatic carbocycles. The van der Waals surface area contributed by atoms with Crippen molar-refractivity contribution in [1.29, 1.82) is 0 Å². The van der Waals surface area contributed by atoms with Crippen LogP contribution in [-0.4, -0.2) is 11.2 Å². The summed E-state index contributed by atoms with van der Waals surface area (Å²) in [5.74, 6) is 2.02. The molecular formula is C20H32O. The van der Waals surface area contributed by atoms with Crippen LogP contribution < -0.4 is 0 Å². The van der Waals surface area contributed by atoms with E-state index >= 15 is 0 Å². The van der Waals surface area contributed by atoms with Crippen molar-refractivity contribution in [1.82, 2.24) is 0 Å². The molecule has 1 nitrogen and oxygen atoms in total. The molecule has 1 saturated carbocycles. The first-order valence-corrected chi connectivity index (χ1v) is 8.85. The van der Waals surface area contributed by atoms with Gasteiger partial charge in [0.2, 0.25) is 0 Å². The Bertz CT molecular complexity index is 482. The lowest BCUT2D eigenvalue weighted by atomic mass is 9.46. The zero-order valence-corrected chi connectivity index (χ0v) is 14.4. The van der Waals surface area contributed by atoms with E-state index in [1.54, 1.807) is 11.1 Å². The summed E-state index contributed by atoms with van der Waals surface area (Å²) in [6, 6.07) is 0. The largest absolute Gasteiger partial charge is 0.393 e. The first-order valence-electron chi connectivity index (χ1n) is 8.85. The number of hydrogen-bond donors (Lipinski definition) is 1. The van der Waals surface area contributed by atoms with Gasteiger partial charge in [-0.2, -0.15) is 0 Å². The number of hydrogen-bond acceptors (Lipinski definition) is 1. The van der Waals surface area contributed by atoms with E-state index in [9.17, 15) is 5.11 Å². The fourth-order valence-electron chi connectivity index (χ4n) is 5.55. The molecule has 0 aliphatic heterocycles. The Hall–Kier alpha value is -0.560. The molecular weight excluding hydrogens is 256 g/mol. The molecule has 0 radical (unpaired) electrons. The van der Waals surface area contributed by atoms with Gasteiger partial charge in [-0.05, 0) is 66.3 Å². The van der Waals surface area contributed by atoms with Crippen LogP contribution in [-0.2, 0) is 0 Å². The number of rotatable bonds is 1. The van der Waals surface area contributed by atoms with Crippen molar-refractivity contribution in [2.45, 2.75) is 72.8 Å². The first-order chi connectivity index (χ1) is 9.76. The van der Waals surface area contributed by atoms with E-state index in [0.29, 0.717) is 23.2 Å². The summed E-state index contributed by atoms with van der Waals surface area (Å²) in [6.45, 7) is 11.7. The van der Waals surface area contributed by atoms with Crippen LogP contribution in [0.5, 0.6) is 0 Å². The quantitative estimate of drug-likeness (QED) is 0.710. The molecule has 1 fully saturated rings. The second-order valence-electron chi connectivity index (χ2n) is 8.84. The standard InChI is InChI=1S/C20H32O/c1-13(2)14-6-8-16-15(12-14)7-9-17-19(3,4)18(21)10-11-20(16,17)5/h7,12-13,16-18,21H,6,8-11H2,1-5H3/t16-,17+,18+,20-/m1/s1. The topological polar surface area (TPSA) is 20.2 Å². The molecule has 118 valence electrons. The summed E-state index contributed by atoms with van der Waals surface area (Å²) >= 11 is 0. The zero-order chi connectivity index (χ0) is 15.4. The monoisotopic (exact) mass is 288 g/mol. The molecule has 1 heteroatoms. The third-order valence-electron chi connectivity index (χ3n) is 7.11. The van der Waals surface area contributed by atoms with Crippen molar-refractivity contribution >= 4 is 0 Å². The van der Waals surface area contributed by atoms with Gasteiger partial charge in [0.1, 0.15) is 0 Å². The fourth-order valence-corrected chi connectivity index (χ4v) is 5.55. The van der Waals surface area contributed by atoms with E-state index in [1.165, 1.54) is 19.3 Å². The normalized spacial score (nSPS) is 42.0. The summed E-state index contributed by atoms with van der Waals surface area (Å²) in [7, 11) is 0. The summed E-state index contributed by atoms with van der Waals surface area (Å²) in [6.07, 6.45) is 10.8. The second-order valence-corrected chi connectivity index (χ2v) is 8.84. The van der Waals surface area contributed by atoms with Gasteiger partial charge < -0.3 is 5.11 Å². The Labute approximate surface area is 130 Å². The molecule has 3 rings (SSSR count). The maximum absolute atomic E-state index is 10.5. The second kappa shape index (κ2) is 4.98. The molecule has 21 heavy (non-hydrogen) atoms. The van der Waals surface area contributed by atoms with Crippen molar-refractivity contribution in [3.63, 3.8) is 0 Å². The van der Waals surface area contributed by atoms with Crippen molar-refractivity contribution in [3.05, 3.63) is 23.3 Å². The minimum Gasteiger partial charge on any atom is -0.393 e. The molecule has 0 aromatic heterocycles. The molecule has 0 saturated heterocycles. The van der Waals surface area contributed by atoms with E-state index in [-0.39, 0.29) is 11.5 Å². The highest BCUT2D eigenvalue weighted by Gasteiger charge is 2.55. The number of allylic oxidation sites excluding steroid dienone is 4. The molecule has 1 N–H and O–H groups in total. The number of aliphatic hydroxyl groups is 1. The van der Waals surface area contributed by atoms with Gasteiger partial charge in [-0.1, -0.05) is 52.3 Å². The Morgan fingerprint density at radius 2 is 1.90 bits per heavy atom. The minimum absolute atomic E-state index is 0.0526. The lowest BCUT2D eigenvalue weighted by Crippen LogP contribution is -2.54. The van der Waals surface area contributed by atoms with Crippen LogP contribution >= 0.6 is 0 Å². The van der Waals surface area contributed by atoms with Gasteiger partial charge in [-0.3, -0.25) is 0 Å². The first kappa shape index (κ1) is 15.3. The van der Waals surface area contributed by atoms with Crippen LogP contribution in [0.25, 0.3) is 0 Å². The van der Waals surface area contributed by atoms with Crippen LogP contribution in [0.4, 0.5) is 0 Å². The van der Waals surface area contributed by atoms with Crippen molar-refractivity contribution in [2.24, 2.45) is 28.6 Å². The van der Waals surface area contributed by atoms with Gasteiger partial charge in [0, 0.05) is 0 Å². The van der Waals surface area contributed by atoms with Crippen molar-refractivity contribution in [2.75, 3.05) is 0 Å². The molecule has 0 bridgehead atoms. The third kappa shape index (κ3) is 2.23. The number of fused-ring (bicyclic) bond motifs is 3. The zero-order valence-electron chi connectivity index (χ0n) is 14.4. The van der Waals surface area contributed by atoms with Crippen molar-refractivity contribution < 1.29 is 5.11 Å². The lowest BCUT2D eigenvalue weighted by molar-refractivity contribution is -0.115. The Balaban J connectivity index is 1.98. The predicted molar refractivity (Wildman–Crippen MR) is 89.0 cm³/mol. The average Bonchev–Trinajstić information content (AvgIpc) is 2.43. The molecule has 0 spiro atoms. The summed E-state index contributed by atoms with van der Waals surface area (Å²) in [5.41, 5.74) is 3.67. The average molecular weight is 288 g/mol. The molecule has 3 aliphatic rings. The van der Waals surface area contributed by atoms with Crippen LogP contribution in [0.15, 0.2) is 23.3 Å². The minimum atomic E-state index is -0.129. The third-order valence-corrected chi connectivity index (χ3v) is 7.11. The van der Waals surface area contributed by atoms with Gasteiger partial charge in [0.15, 0.2) is 0 Å². The maximum Gasteiger partial charge on any atom is 0.0594 e. The molecule has 0 aromatic carbocycles. The molecule has 0 aromatic rings. The fraction of sp³-hybridized carbons (Fsp3) is 0.800. The van der Waals surface area contributed by atoms with Crippen LogP contribution in [0, 0.1) is 28.6 Å². The van der Waals surface area contributed by atoms with Gasteiger partial charge in [-0.25, -0.2) is 0 Å². The highest BCUT2D eigenvalue weighted by atomic mass is 16.3. The summed E-state index contributed by atoms with van der Waals surface area (Å²) < 4.78 is 0. The lowest BCUT2D eigenvalue weighted by Gasteiger charge is -2.59. The Morgan fingerprint density at radius 3 is 2.57 bits per heavy atom. The van der Waals surface area contributed by atoms with E-state index in [4.69, 9.17) is 0 Å². The van der Waals surface area contributed by atoms with E-state index in [0.717, 1.165) is 12.8 Å². The smallest absolute Gasteiger partial charge is 0.0594 e. The van der Waals surface area contributed by atoms with E-state index in [2.05, 4.69) is 46.8 Å². The molecule has 0 heterocycles. The molecule has 4 atom stereocenters. The van der Waals surface area contributed by atoms with E-state index < -0.39 is 0 Å². The van der Waals surface area contributed by atoms with E-state index in [1.807, 2.05) is 0 Å². The summed E-state index contributed by atoms with van der Waals surface area (Å²) in [4.78, 5) is 0. The van der Waals surface area contributed by atoms with Crippen molar-refractivity contribution in [3.8, 4) is 0 Å². The van der Waals surface area contributed by atoms with Gasteiger partial charge >= 0.3 is 0 Å². The van der Waals surface area contributed by atoms with Crippen LogP contribution in [0.2, 0.25) is 0 Å². The predicted octanol–water partition coefficient (Wildman–Crippen LogP) is 5.11. The highest BCUT2D eigenvalue weighted by molar-refractivity contribution is 5.35. The SMILES string of the molecule is CC(C)C1=CC2=CC[C@H]3C(C)(C)[C@@H](O)CC[C@]3(C)[C@@H]2CC1. The number of aliphatic hydroxyl groups excluding tert-OH is 1. The summed E-state index contributed by atoms with van der Waals surface area (Å²) in [5, 5.41) is 10.5. The maximum atomic E-state index is 10.5. The van der Waals surface area contributed by atoms with Gasteiger partial charge in [-0.15, -0.1) is 0 Å². The van der Waals surface area contributed by atoms with Gasteiger partial charge in [0.05, 0.1) is 6.10 Å². The van der Waals surface area contributed by atoms with Crippen LogP contribution in [0.1, 0.15) is 66.7 Å². The molecule has 0 unspecified atom stereocenters. The Kier molecular flexibility index (Phi) is 3.64. The molecule has 0 amide bonds. The van der Waals surface area contributed by atoms with Gasteiger partial charge in [0.25, 0.3) is 0 Å². The highest BCUT2D eigenvalue weighted by Crippen LogP contribution is 2.61. The van der Waals surface area contributed by atoms with Crippen LogP contribution in [0.3, 0.4) is 0 Å².